The summed E-state index contributed by atoms with van der Waals surface area (Å²) in [5, 5.41) is 0. The van der Waals surface area contributed by atoms with E-state index in [0.717, 1.165) is 44.5 Å². The van der Waals surface area contributed by atoms with E-state index in [-0.39, 0.29) is 11.3 Å². The summed E-state index contributed by atoms with van der Waals surface area (Å²) in [4.78, 5) is 14.9. The van der Waals surface area contributed by atoms with Crippen LogP contribution < -0.4 is 10.5 Å². The molecule has 0 aliphatic carbocycles. The number of piperidine rings is 1. The van der Waals surface area contributed by atoms with Crippen molar-refractivity contribution in [2.24, 2.45) is 11.1 Å². The zero-order valence-corrected chi connectivity index (χ0v) is 14.7. The fraction of sp³-hybridized carbons (Fsp3) is 0.632. The van der Waals surface area contributed by atoms with Crippen molar-refractivity contribution < 1.29 is 9.53 Å². The highest BCUT2D eigenvalue weighted by Gasteiger charge is 2.38. The van der Waals surface area contributed by atoms with Gasteiger partial charge >= 0.3 is 0 Å². The van der Waals surface area contributed by atoms with Crippen LogP contribution in [0.15, 0.2) is 24.3 Å². The van der Waals surface area contributed by atoms with Gasteiger partial charge < -0.3 is 15.4 Å². The lowest BCUT2D eigenvalue weighted by Crippen LogP contribution is -2.49. The lowest BCUT2D eigenvalue weighted by Gasteiger charge is -2.39. The number of benzene rings is 1. The number of nitrogens with two attached hydrogens (primary N) is 1. The van der Waals surface area contributed by atoms with E-state index in [2.05, 4.69) is 26.0 Å². The van der Waals surface area contributed by atoms with Crippen LogP contribution in [0.1, 0.15) is 51.0 Å². The van der Waals surface area contributed by atoms with E-state index < -0.39 is 0 Å². The van der Waals surface area contributed by atoms with Gasteiger partial charge in [-0.25, -0.2) is 0 Å². The van der Waals surface area contributed by atoms with Gasteiger partial charge in [0.1, 0.15) is 5.75 Å². The molecule has 0 atom stereocenters. The summed E-state index contributed by atoms with van der Waals surface area (Å²) in [6.45, 7) is 6.24. The fourth-order valence-electron chi connectivity index (χ4n) is 3.56. The lowest BCUT2D eigenvalue weighted by molar-refractivity contribution is -0.143. The Morgan fingerprint density at radius 3 is 2.22 bits per heavy atom. The smallest absolute Gasteiger partial charge is 0.230 e. The maximum Gasteiger partial charge on any atom is 0.230 e. The van der Waals surface area contributed by atoms with Gasteiger partial charge in [-0.3, -0.25) is 4.79 Å². The number of amides is 1. The van der Waals surface area contributed by atoms with Crippen LogP contribution in [0.4, 0.5) is 0 Å². The molecule has 0 unspecified atom stereocenters. The molecule has 0 saturated carbocycles. The Hall–Kier alpha value is -1.55. The van der Waals surface area contributed by atoms with Gasteiger partial charge in [0.2, 0.25) is 5.91 Å². The second-order valence-electron chi connectivity index (χ2n) is 6.53. The van der Waals surface area contributed by atoms with Gasteiger partial charge in [0, 0.05) is 19.6 Å². The van der Waals surface area contributed by atoms with E-state index in [0.29, 0.717) is 12.5 Å². The highest BCUT2D eigenvalue weighted by Crippen LogP contribution is 2.33. The van der Waals surface area contributed by atoms with Crippen molar-refractivity contribution in [3.05, 3.63) is 29.8 Å². The Morgan fingerprint density at radius 1 is 1.22 bits per heavy atom. The van der Waals surface area contributed by atoms with Crippen molar-refractivity contribution in [2.75, 3.05) is 26.7 Å². The van der Waals surface area contributed by atoms with Crippen LogP contribution in [0.25, 0.3) is 0 Å². The molecule has 1 aromatic carbocycles. The molecule has 128 valence electrons. The quantitative estimate of drug-likeness (QED) is 0.876. The van der Waals surface area contributed by atoms with Gasteiger partial charge in [0.15, 0.2) is 0 Å². The van der Waals surface area contributed by atoms with Gasteiger partial charge in [-0.1, -0.05) is 26.0 Å². The van der Waals surface area contributed by atoms with Crippen LogP contribution in [0.2, 0.25) is 0 Å². The number of rotatable bonds is 6. The highest BCUT2D eigenvalue weighted by molar-refractivity contribution is 5.83. The van der Waals surface area contributed by atoms with Crippen LogP contribution in [-0.2, 0) is 4.79 Å². The van der Waals surface area contributed by atoms with Crippen molar-refractivity contribution >= 4 is 5.91 Å². The van der Waals surface area contributed by atoms with Crippen molar-refractivity contribution in [3.63, 3.8) is 0 Å². The number of ether oxygens (including phenoxy) is 1. The zero-order valence-electron chi connectivity index (χ0n) is 14.7. The molecule has 2 rings (SSSR count). The topological polar surface area (TPSA) is 55.6 Å². The molecule has 0 aromatic heterocycles. The van der Waals surface area contributed by atoms with Crippen molar-refractivity contribution in [3.8, 4) is 5.75 Å². The first-order chi connectivity index (χ1) is 11.1. The van der Waals surface area contributed by atoms with E-state index >= 15 is 0 Å². The Kier molecular flexibility index (Phi) is 6.05. The Bertz CT molecular complexity index is 492. The van der Waals surface area contributed by atoms with Crippen molar-refractivity contribution in [1.82, 2.24) is 4.90 Å². The van der Waals surface area contributed by atoms with Gasteiger partial charge in [0.05, 0.1) is 12.5 Å². The molecule has 1 aromatic rings. The van der Waals surface area contributed by atoms with E-state index in [9.17, 15) is 4.79 Å². The standard InChI is InChI=1S/C19H30N2O2/c1-4-19(5-2,14-20)18(22)21-12-10-16(11-13-21)15-6-8-17(23-3)9-7-15/h6-9,16H,4-5,10-14,20H2,1-3H3. The van der Waals surface area contributed by atoms with E-state index in [4.69, 9.17) is 10.5 Å². The molecule has 0 radical (unpaired) electrons. The minimum Gasteiger partial charge on any atom is -0.497 e. The molecule has 1 amide bonds. The lowest BCUT2D eigenvalue weighted by atomic mass is 9.80. The molecular weight excluding hydrogens is 288 g/mol. The number of carbonyl (C=O) groups is 1. The minimum atomic E-state index is -0.368. The summed E-state index contributed by atoms with van der Waals surface area (Å²) in [6.07, 6.45) is 3.67. The van der Waals surface area contributed by atoms with E-state index in [1.165, 1.54) is 5.56 Å². The molecule has 1 heterocycles. The maximum absolute atomic E-state index is 12.9. The Morgan fingerprint density at radius 2 is 1.78 bits per heavy atom. The van der Waals surface area contributed by atoms with Crippen molar-refractivity contribution in [2.45, 2.75) is 45.4 Å². The average molecular weight is 318 g/mol. The second kappa shape index (κ2) is 7.82. The number of likely N-dealkylation sites (tertiary alicyclic amines) is 1. The zero-order chi connectivity index (χ0) is 16.9. The summed E-state index contributed by atoms with van der Waals surface area (Å²) in [6, 6.07) is 8.31. The number of carbonyl (C=O) groups excluding carboxylic acids is 1. The minimum absolute atomic E-state index is 0.248. The Labute approximate surface area is 140 Å². The van der Waals surface area contributed by atoms with Gasteiger partial charge in [-0.05, 0) is 49.3 Å². The SMILES string of the molecule is CCC(CC)(CN)C(=O)N1CCC(c2ccc(OC)cc2)CC1. The molecule has 1 aliphatic rings. The first-order valence-corrected chi connectivity index (χ1v) is 8.73. The number of hydrogen-bond acceptors (Lipinski definition) is 3. The molecule has 4 nitrogen and oxygen atoms in total. The van der Waals surface area contributed by atoms with Crippen LogP contribution in [0.3, 0.4) is 0 Å². The molecule has 0 bridgehead atoms. The third kappa shape index (κ3) is 3.69. The van der Waals surface area contributed by atoms with Crippen LogP contribution in [0.5, 0.6) is 5.75 Å². The average Bonchev–Trinajstić information content (AvgIpc) is 2.64. The Balaban J connectivity index is 1.98. The maximum atomic E-state index is 12.9. The monoisotopic (exact) mass is 318 g/mol. The molecule has 1 fully saturated rings. The largest absolute Gasteiger partial charge is 0.497 e. The molecule has 1 saturated heterocycles. The molecule has 1 aliphatic heterocycles. The summed E-state index contributed by atoms with van der Waals surface area (Å²) in [5.41, 5.74) is 6.90. The van der Waals surface area contributed by atoms with E-state index in [1.54, 1.807) is 7.11 Å². The third-order valence-electron chi connectivity index (χ3n) is 5.57. The first kappa shape index (κ1) is 17.8. The molecule has 2 N–H and O–H groups in total. The van der Waals surface area contributed by atoms with Gasteiger partial charge in [-0.15, -0.1) is 0 Å². The summed E-state index contributed by atoms with van der Waals surface area (Å²) < 4.78 is 5.21. The predicted molar refractivity (Wildman–Crippen MR) is 93.6 cm³/mol. The molecular formula is C19H30N2O2. The summed E-state index contributed by atoms with van der Waals surface area (Å²) in [5.74, 6) is 1.67. The van der Waals surface area contributed by atoms with Crippen LogP contribution in [0, 0.1) is 5.41 Å². The summed E-state index contributed by atoms with van der Waals surface area (Å²) in [7, 11) is 1.68. The highest BCUT2D eigenvalue weighted by atomic mass is 16.5. The molecule has 4 heteroatoms. The van der Waals surface area contributed by atoms with Gasteiger partial charge in [-0.2, -0.15) is 0 Å². The fourth-order valence-corrected chi connectivity index (χ4v) is 3.56. The van der Waals surface area contributed by atoms with Crippen molar-refractivity contribution in [1.29, 1.82) is 0 Å². The molecule has 23 heavy (non-hydrogen) atoms. The van der Waals surface area contributed by atoms with Gasteiger partial charge in [0.25, 0.3) is 0 Å². The summed E-state index contributed by atoms with van der Waals surface area (Å²) >= 11 is 0. The van der Waals surface area contributed by atoms with Crippen LogP contribution >= 0.6 is 0 Å². The van der Waals surface area contributed by atoms with Crippen LogP contribution in [-0.4, -0.2) is 37.6 Å². The number of nitrogens with zero attached hydrogens (tertiary/aromatic N) is 1. The first-order valence-electron chi connectivity index (χ1n) is 8.73. The predicted octanol–water partition coefficient (Wildman–Crippen LogP) is 3.17. The number of methoxy groups -OCH3 is 1. The molecule has 0 spiro atoms. The third-order valence-corrected chi connectivity index (χ3v) is 5.57. The normalized spacial score (nSPS) is 16.4. The number of hydrogen-bond donors (Lipinski definition) is 1. The second-order valence-corrected chi connectivity index (χ2v) is 6.53. The van der Waals surface area contributed by atoms with E-state index in [1.807, 2.05) is 17.0 Å².